The lowest BCUT2D eigenvalue weighted by molar-refractivity contribution is -0.104. The lowest BCUT2D eigenvalue weighted by Gasteiger charge is -1.92. The number of hydrogen-bond donors (Lipinski definition) is 0. The first-order chi connectivity index (χ1) is 5.40. The first kappa shape index (κ1) is 6.28. The molecule has 11 heavy (non-hydrogen) atoms. The van der Waals surface area contributed by atoms with Crippen molar-refractivity contribution in [1.29, 1.82) is 0 Å². The van der Waals surface area contributed by atoms with Gasteiger partial charge in [-0.05, 0) is 23.3 Å². The van der Waals surface area contributed by atoms with Gasteiger partial charge in [0.15, 0.2) is 0 Å². The van der Waals surface area contributed by atoms with E-state index >= 15 is 0 Å². The molecule has 0 radical (unpaired) electrons. The molecule has 54 valence electrons. The number of aromatic nitrogens is 1. The highest BCUT2D eigenvalue weighted by atomic mass is 16.1. The molecule has 0 bridgehead atoms. The molecule has 1 aromatic rings. The van der Waals surface area contributed by atoms with Crippen molar-refractivity contribution in [2.45, 2.75) is 6.42 Å². The summed E-state index contributed by atoms with van der Waals surface area (Å²) in [6.45, 7) is 0. The zero-order valence-electron chi connectivity index (χ0n) is 5.95. The van der Waals surface area contributed by atoms with Crippen molar-refractivity contribution in [2.75, 3.05) is 0 Å². The van der Waals surface area contributed by atoms with Crippen molar-refractivity contribution in [1.82, 2.24) is 4.98 Å². The molecule has 0 saturated heterocycles. The third-order valence-corrected chi connectivity index (χ3v) is 1.79. The van der Waals surface area contributed by atoms with Crippen LogP contribution in [0.3, 0.4) is 0 Å². The fraction of sp³-hybridized carbons (Fsp3) is 0.111. The summed E-state index contributed by atoms with van der Waals surface area (Å²) in [5.41, 5.74) is 2.91. The predicted molar refractivity (Wildman–Crippen MR) is 42.0 cm³/mol. The van der Waals surface area contributed by atoms with E-state index in [1.165, 1.54) is 0 Å². The van der Waals surface area contributed by atoms with Crippen LogP contribution in [-0.4, -0.2) is 11.3 Å². The van der Waals surface area contributed by atoms with Crippen LogP contribution in [0.2, 0.25) is 0 Å². The summed E-state index contributed by atoms with van der Waals surface area (Å²) in [7, 11) is 0. The molecule has 2 heteroatoms. The van der Waals surface area contributed by atoms with E-state index in [9.17, 15) is 4.79 Å². The Morgan fingerprint density at radius 3 is 3.18 bits per heavy atom. The average molecular weight is 145 g/mol. The Morgan fingerprint density at radius 2 is 2.45 bits per heavy atom. The Hall–Kier alpha value is -1.44. The number of allylic oxidation sites excluding steroid dienone is 1. The number of nitrogens with zero attached hydrogens (tertiary/aromatic N) is 1. The maximum atomic E-state index is 10.4. The molecule has 0 saturated carbocycles. The van der Waals surface area contributed by atoms with E-state index in [1.807, 2.05) is 18.2 Å². The highest BCUT2D eigenvalue weighted by Crippen LogP contribution is 2.20. The molecule has 1 heterocycles. The minimum atomic E-state index is 0.743. The molecular formula is C9H7NO. The molecule has 0 aromatic carbocycles. The van der Waals surface area contributed by atoms with Gasteiger partial charge in [0.05, 0.1) is 5.69 Å². The molecule has 2 rings (SSSR count). The number of hydrogen-bond acceptors (Lipinski definition) is 2. The largest absolute Gasteiger partial charge is 0.298 e. The Labute approximate surface area is 64.6 Å². The quantitative estimate of drug-likeness (QED) is 0.556. The molecule has 0 fully saturated rings. The second kappa shape index (κ2) is 2.31. The highest BCUT2D eigenvalue weighted by molar-refractivity contribution is 5.85. The van der Waals surface area contributed by atoms with Gasteiger partial charge in [-0.25, -0.2) is 0 Å². The average Bonchev–Trinajstić information content (AvgIpc) is 2.46. The zero-order valence-corrected chi connectivity index (χ0v) is 5.95. The fourth-order valence-corrected chi connectivity index (χ4v) is 1.25. The normalized spacial score (nSPS) is 14.0. The van der Waals surface area contributed by atoms with E-state index in [1.54, 1.807) is 6.20 Å². The van der Waals surface area contributed by atoms with Crippen LogP contribution < -0.4 is 0 Å². The first-order valence-corrected chi connectivity index (χ1v) is 3.50. The molecule has 0 unspecified atom stereocenters. The molecule has 0 atom stereocenters. The maximum absolute atomic E-state index is 10.4. The van der Waals surface area contributed by atoms with Gasteiger partial charge >= 0.3 is 0 Å². The van der Waals surface area contributed by atoms with Crippen LogP contribution in [0.1, 0.15) is 11.3 Å². The number of pyridine rings is 1. The van der Waals surface area contributed by atoms with E-state index in [2.05, 4.69) is 4.98 Å². The molecule has 2 nitrogen and oxygen atoms in total. The van der Waals surface area contributed by atoms with Crippen LogP contribution in [0, 0.1) is 0 Å². The molecule has 0 N–H and O–H groups in total. The van der Waals surface area contributed by atoms with Gasteiger partial charge in [-0.2, -0.15) is 0 Å². The lowest BCUT2D eigenvalue weighted by atomic mass is 10.2. The van der Waals surface area contributed by atoms with E-state index in [4.69, 9.17) is 0 Å². The highest BCUT2D eigenvalue weighted by Gasteiger charge is 2.11. The summed E-state index contributed by atoms with van der Waals surface area (Å²) < 4.78 is 0. The number of carbonyl (C=O) groups is 1. The number of carbonyl (C=O) groups excluding carboxylic acids is 1. The molecule has 1 aromatic heterocycles. The number of fused-ring (bicyclic) bond motifs is 1. The summed E-state index contributed by atoms with van der Waals surface area (Å²) in [5.74, 6) is 0. The van der Waals surface area contributed by atoms with Gasteiger partial charge in [-0.15, -0.1) is 0 Å². The second-order valence-corrected chi connectivity index (χ2v) is 2.56. The van der Waals surface area contributed by atoms with Crippen molar-refractivity contribution >= 4 is 12.4 Å². The molecular weight excluding hydrogens is 138 g/mol. The molecule has 1 aliphatic carbocycles. The van der Waals surface area contributed by atoms with Gasteiger partial charge in [-0.1, -0.05) is 6.07 Å². The maximum Gasteiger partial charge on any atom is 0.146 e. The molecule has 0 aliphatic heterocycles. The van der Waals surface area contributed by atoms with Gasteiger partial charge in [0.2, 0.25) is 0 Å². The van der Waals surface area contributed by atoms with Crippen molar-refractivity contribution < 1.29 is 4.79 Å². The summed E-state index contributed by atoms with van der Waals surface area (Å²) >= 11 is 0. The molecule has 1 aliphatic rings. The van der Waals surface area contributed by atoms with Crippen LogP contribution in [0.4, 0.5) is 0 Å². The minimum absolute atomic E-state index is 0.743. The van der Waals surface area contributed by atoms with Crippen molar-refractivity contribution in [3.8, 4) is 0 Å². The van der Waals surface area contributed by atoms with Crippen LogP contribution in [0.25, 0.3) is 6.08 Å². The Bertz CT molecular complexity index is 328. The monoisotopic (exact) mass is 145 g/mol. The predicted octanol–water partition coefficient (Wildman–Crippen LogP) is 1.22. The number of rotatable bonds is 1. The van der Waals surface area contributed by atoms with E-state index < -0.39 is 0 Å². The third-order valence-electron chi connectivity index (χ3n) is 1.79. The van der Waals surface area contributed by atoms with Gasteiger partial charge in [-0.3, -0.25) is 9.78 Å². The van der Waals surface area contributed by atoms with Gasteiger partial charge in [0.1, 0.15) is 6.29 Å². The van der Waals surface area contributed by atoms with E-state index in [0.717, 1.165) is 29.5 Å². The Kier molecular flexibility index (Phi) is 1.32. The standard InChI is InChI=1S/C9H7NO/c11-6-7-4-8-2-1-3-10-9(8)5-7/h1-3,5-6H,4H2. The smallest absolute Gasteiger partial charge is 0.146 e. The van der Waals surface area contributed by atoms with E-state index in [-0.39, 0.29) is 0 Å². The summed E-state index contributed by atoms with van der Waals surface area (Å²) in [6.07, 6.45) is 5.21. The minimum Gasteiger partial charge on any atom is -0.298 e. The first-order valence-electron chi connectivity index (χ1n) is 3.50. The van der Waals surface area contributed by atoms with Gasteiger partial charge < -0.3 is 0 Å². The SMILES string of the molecule is O=CC1=Cc2ncccc2C1. The van der Waals surface area contributed by atoms with Crippen LogP contribution >= 0.6 is 0 Å². The Morgan fingerprint density at radius 1 is 1.55 bits per heavy atom. The summed E-state index contributed by atoms with van der Waals surface area (Å²) in [5, 5.41) is 0. The Balaban J connectivity index is 2.47. The van der Waals surface area contributed by atoms with Crippen LogP contribution in [0.5, 0.6) is 0 Å². The third kappa shape index (κ3) is 0.963. The summed E-state index contributed by atoms with van der Waals surface area (Å²) in [6, 6.07) is 3.88. The zero-order chi connectivity index (χ0) is 7.68. The van der Waals surface area contributed by atoms with Crippen molar-refractivity contribution in [2.24, 2.45) is 0 Å². The molecule has 0 spiro atoms. The van der Waals surface area contributed by atoms with Gasteiger partial charge in [0.25, 0.3) is 0 Å². The fourth-order valence-electron chi connectivity index (χ4n) is 1.25. The van der Waals surface area contributed by atoms with Crippen molar-refractivity contribution in [3.05, 3.63) is 35.2 Å². The second-order valence-electron chi connectivity index (χ2n) is 2.56. The summed E-state index contributed by atoms with van der Waals surface area (Å²) in [4.78, 5) is 14.5. The van der Waals surface area contributed by atoms with Crippen LogP contribution in [-0.2, 0) is 11.2 Å². The topological polar surface area (TPSA) is 30.0 Å². The molecule has 0 amide bonds. The lowest BCUT2D eigenvalue weighted by Crippen LogP contribution is -1.85. The van der Waals surface area contributed by atoms with E-state index in [0.29, 0.717) is 0 Å². The van der Waals surface area contributed by atoms with Crippen molar-refractivity contribution in [3.63, 3.8) is 0 Å². The van der Waals surface area contributed by atoms with Crippen LogP contribution in [0.15, 0.2) is 23.9 Å². The number of aldehydes is 1. The van der Waals surface area contributed by atoms with Gasteiger partial charge in [0, 0.05) is 12.6 Å².